The average molecular weight is 231 g/mol. The van der Waals surface area contributed by atoms with Crippen LogP contribution in [0.1, 0.15) is 35.7 Å². The van der Waals surface area contributed by atoms with Crippen LogP contribution in [0, 0.1) is 12.3 Å². The number of hydrogen-bond donors (Lipinski definition) is 1. The molecule has 1 unspecified atom stereocenters. The van der Waals surface area contributed by atoms with Crippen LogP contribution in [-0.4, -0.2) is 30.0 Å². The van der Waals surface area contributed by atoms with Crippen molar-refractivity contribution in [2.45, 2.75) is 32.2 Å². The molecule has 1 aliphatic heterocycles. The monoisotopic (exact) mass is 231 g/mol. The van der Waals surface area contributed by atoms with Crippen molar-refractivity contribution in [3.63, 3.8) is 0 Å². The van der Waals surface area contributed by atoms with Gasteiger partial charge in [-0.1, -0.05) is 0 Å². The number of piperidine rings is 1. The van der Waals surface area contributed by atoms with Gasteiger partial charge >= 0.3 is 0 Å². The summed E-state index contributed by atoms with van der Waals surface area (Å²) in [5, 5.41) is 0. The Morgan fingerprint density at radius 1 is 1.41 bits per heavy atom. The fourth-order valence-corrected chi connectivity index (χ4v) is 3.43. The zero-order valence-electron chi connectivity index (χ0n) is 10.7. The van der Waals surface area contributed by atoms with E-state index >= 15 is 0 Å². The van der Waals surface area contributed by atoms with Crippen molar-refractivity contribution in [3.05, 3.63) is 29.1 Å². The van der Waals surface area contributed by atoms with Gasteiger partial charge in [0.1, 0.15) is 0 Å². The Labute approximate surface area is 103 Å². The average Bonchev–Trinajstić information content (AvgIpc) is 2.57. The molecule has 1 saturated heterocycles. The number of rotatable bonds is 0. The maximum Gasteiger partial charge on any atom is 0.0375 e. The van der Waals surface area contributed by atoms with Gasteiger partial charge in [-0.05, 0) is 68.9 Å². The molecule has 0 aromatic carbocycles. The van der Waals surface area contributed by atoms with Crippen molar-refractivity contribution in [1.29, 1.82) is 0 Å². The molecule has 2 heterocycles. The molecule has 1 aromatic rings. The molecule has 17 heavy (non-hydrogen) atoms. The largest absolute Gasteiger partial charge is 0.323 e. The van der Waals surface area contributed by atoms with E-state index in [4.69, 9.17) is 5.73 Å². The zero-order valence-corrected chi connectivity index (χ0v) is 10.7. The number of hydrogen-bond acceptors (Lipinski definition) is 3. The maximum atomic E-state index is 6.49. The highest BCUT2D eigenvalue weighted by molar-refractivity contribution is 5.37. The molecule has 1 atom stereocenters. The number of pyridine rings is 1. The Balaban J connectivity index is 1.92. The fraction of sp³-hybridized carbons (Fsp3) is 0.643. The first-order valence-electron chi connectivity index (χ1n) is 6.50. The van der Waals surface area contributed by atoms with Crippen molar-refractivity contribution >= 4 is 0 Å². The Hall–Kier alpha value is -0.930. The van der Waals surface area contributed by atoms with E-state index < -0.39 is 0 Å². The summed E-state index contributed by atoms with van der Waals surface area (Å²) in [7, 11) is 2.20. The van der Waals surface area contributed by atoms with E-state index in [0.717, 1.165) is 12.1 Å². The molecule has 3 heteroatoms. The highest BCUT2D eigenvalue weighted by Gasteiger charge is 2.45. The van der Waals surface area contributed by atoms with Gasteiger partial charge in [0.05, 0.1) is 0 Å². The number of nitrogens with two attached hydrogens (primary N) is 1. The normalized spacial score (nSPS) is 27.4. The third kappa shape index (κ3) is 1.69. The molecule has 1 spiro atoms. The van der Waals surface area contributed by atoms with Crippen molar-refractivity contribution < 1.29 is 0 Å². The Bertz CT molecular complexity index is 433. The van der Waals surface area contributed by atoms with E-state index in [1.807, 2.05) is 6.20 Å². The summed E-state index contributed by atoms with van der Waals surface area (Å²) in [5.74, 6) is 0. The van der Waals surface area contributed by atoms with Gasteiger partial charge in [-0.2, -0.15) is 0 Å². The van der Waals surface area contributed by atoms with Crippen molar-refractivity contribution in [2.75, 3.05) is 20.1 Å². The fourth-order valence-electron chi connectivity index (χ4n) is 3.43. The molecule has 0 saturated carbocycles. The van der Waals surface area contributed by atoms with E-state index in [9.17, 15) is 0 Å². The molecule has 92 valence electrons. The molecular weight excluding hydrogens is 210 g/mol. The minimum Gasteiger partial charge on any atom is -0.323 e. The molecule has 2 aliphatic rings. The lowest BCUT2D eigenvalue weighted by Crippen LogP contribution is -2.42. The molecule has 2 N–H and O–H groups in total. The highest BCUT2D eigenvalue weighted by Crippen LogP contribution is 2.50. The van der Waals surface area contributed by atoms with E-state index in [1.54, 1.807) is 0 Å². The molecule has 1 fully saturated rings. The summed E-state index contributed by atoms with van der Waals surface area (Å²) in [5.41, 5.74) is 10.6. The molecule has 1 aromatic heterocycles. The number of fused-ring (bicyclic) bond motifs is 1. The summed E-state index contributed by atoms with van der Waals surface area (Å²) in [6.07, 6.45) is 5.60. The van der Waals surface area contributed by atoms with Crippen molar-refractivity contribution in [3.8, 4) is 0 Å². The summed E-state index contributed by atoms with van der Waals surface area (Å²) in [6, 6.07) is 2.42. The van der Waals surface area contributed by atoms with Crippen LogP contribution in [0.2, 0.25) is 0 Å². The first-order chi connectivity index (χ1) is 8.11. The summed E-state index contributed by atoms with van der Waals surface area (Å²) in [4.78, 5) is 6.81. The van der Waals surface area contributed by atoms with Crippen LogP contribution < -0.4 is 5.73 Å². The maximum absolute atomic E-state index is 6.49. The first-order valence-corrected chi connectivity index (χ1v) is 6.50. The zero-order chi connectivity index (χ0) is 12.0. The first kappa shape index (κ1) is 11.2. The molecular formula is C14H21N3. The SMILES string of the molecule is Cc1cc2c(cn1)C(N)C1(CCN(C)CC1)C2. The molecule has 3 nitrogen and oxygen atoms in total. The van der Waals surface area contributed by atoms with Gasteiger partial charge in [0.15, 0.2) is 0 Å². The Morgan fingerprint density at radius 3 is 2.82 bits per heavy atom. The number of aromatic nitrogens is 1. The smallest absolute Gasteiger partial charge is 0.0375 e. The van der Waals surface area contributed by atoms with Gasteiger partial charge in [0.2, 0.25) is 0 Å². The Morgan fingerprint density at radius 2 is 2.12 bits per heavy atom. The molecule has 0 radical (unpaired) electrons. The second kappa shape index (κ2) is 3.79. The van der Waals surface area contributed by atoms with E-state index in [1.165, 1.54) is 37.1 Å². The molecule has 0 amide bonds. The van der Waals surface area contributed by atoms with Crippen molar-refractivity contribution in [1.82, 2.24) is 9.88 Å². The molecule has 3 rings (SSSR count). The lowest BCUT2D eigenvalue weighted by Gasteiger charge is -2.40. The topological polar surface area (TPSA) is 42.1 Å². The van der Waals surface area contributed by atoms with E-state index in [2.05, 4.69) is 29.9 Å². The van der Waals surface area contributed by atoms with Gasteiger partial charge in [0, 0.05) is 17.9 Å². The van der Waals surface area contributed by atoms with E-state index in [0.29, 0.717) is 5.41 Å². The molecule has 0 bridgehead atoms. The van der Waals surface area contributed by atoms with Crippen LogP contribution in [-0.2, 0) is 6.42 Å². The molecule has 1 aliphatic carbocycles. The van der Waals surface area contributed by atoms with Crippen LogP contribution in [0.3, 0.4) is 0 Å². The third-order valence-corrected chi connectivity index (χ3v) is 4.68. The second-order valence-corrected chi connectivity index (χ2v) is 5.84. The van der Waals surface area contributed by atoms with Gasteiger partial charge in [0.25, 0.3) is 0 Å². The number of likely N-dealkylation sites (tertiary alicyclic amines) is 1. The lowest BCUT2D eigenvalue weighted by molar-refractivity contribution is 0.106. The quantitative estimate of drug-likeness (QED) is 0.738. The minimum atomic E-state index is 0.194. The van der Waals surface area contributed by atoms with Gasteiger partial charge in [-0.3, -0.25) is 4.98 Å². The third-order valence-electron chi connectivity index (χ3n) is 4.68. The standard InChI is InChI=1S/C14H21N3/c1-10-7-11-8-14(3-5-17(2)6-4-14)13(15)12(11)9-16-10/h7,9,13H,3-6,8,15H2,1-2H3. The van der Waals surface area contributed by atoms with Gasteiger partial charge < -0.3 is 10.6 Å². The number of nitrogens with zero attached hydrogens (tertiary/aromatic N) is 2. The lowest BCUT2D eigenvalue weighted by atomic mass is 9.73. The Kier molecular flexibility index (Phi) is 2.49. The van der Waals surface area contributed by atoms with Crippen LogP contribution in [0.25, 0.3) is 0 Å². The van der Waals surface area contributed by atoms with Crippen molar-refractivity contribution in [2.24, 2.45) is 11.1 Å². The van der Waals surface area contributed by atoms with Gasteiger partial charge in [-0.25, -0.2) is 0 Å². The summed E-state index contributed by atoms with van der Waals surface area (Å²) >= 11 is 0. The van der Waals surface area contributed by atoms with Crippen LogP contribution in [0.15, 0.2) is 12.3 Å². The number of aryl methyl sites for hydroxylation is 1. The highest BCUT2D eigenvalue weighted by atomic mass is 15.1. The van der Waals surface area contributed by atoms with Crippen LogP contribution in [0.5, 0.6) is 0 Å². The predicted molar refractivity (Wildman–Crippen MR) is 68.8 cm³/mol. The van der Waals surface area contributed by atoms with Gasteiger partial charge in [-0.15, -0.1) is 0 Å². The van der Waals surface area contributed by atoms with Crippen LogP contribution in [0.4, 0.5) is 0 Å². The summed E-state index contributed by atoms with van der Waals surface area (Å²) < 4.78 is 0. The van der Waals surface area contributed by atoms with Crippen LogP contribution >= 0.6 is 0 Å². The second-order valence-electron chi connectivity index (χ2n) is 5.84. The summed E-state index contributed by atoms with van der Waals surface area (Å²) in [6.45, 7) is 4.41. The predicted octanol–water partition coefficient (Wildman–Crippen LogP) is 1.66. The van der Waals surface area contributed by atoms with E-state index in [-0.39, 0.29) is 6.04 Å². The minimum absolute atomic E-state index is 0.194.